The van der Waals surface area contributed by atoms with E-state index in [2.05, 4.69) is 10.2 Å². The average Bonchev–Trinajstić information content (AvgIpc) is 2.88. The topological polar surface area (TPSA) is 98.8 Å². The van der Waals surface area contributed by atoms with E-state index in [0.717, 1.165) is 19.6 Å². The van der Waals surface area contributed by atoms with Gasteiger partial charge < -0.3 is 33.9 Å². The number of methoxy groups -OCH3 is 3. The van der Waals surface area contributed by atoms with Gasteiger partial charge in [0.25, 0.3) is 11.8 Å². The second-order valence-electron chi connectivity index (χ2n) is 8.25. The summed E-state index contributed by atoms with van der Waals surface area (Å²) in [7, 11) is 4.49. The quantitative estimate of drug-likeness (QED) is 0.609. The van der Waals surface area contributed by atoms with Crippen LogP contribution >= 0.6 is 0 Å². The lowest BCUT2D eigenvalue weighted by molar-refractivity contribution is -0.125. The first-order valence-corrected chi connectivity index (χ1v) is 11.5. The van der Waals surface area contributed by atoms with Crippen molar-refractivity contribution < 1.29 is 33.3 Å². The minimum atomic E-state index is -0.617. The van der Waals surface area contributed by atoms with Gasteiger partial charge in [-0.1, -0.05) is 0 Å². The number of ether oxygens (including phenoxy) is 5. The SMILES string of the molecule is COc1cc(C(=O)Nc2ccc3c(c2)OC(C)C(=O)N3CCN2CCOCC2)cc(OC)c1OC. The average molecular weight is 486 g/mol. The number of nitrogens with one attached hydrogen (secondary N) is 1. The minimum Gasteiger partial charge on any atom is -0.493 e. The first-order chi connectivity index (χ1) is 16.9. The van der Waals surface area contributed by atoms with Crippen molar-refractivity contribution in [3.8, 4) is 23.0 Å². The van der Waals surface area contributed by atoms with Crippen molar-refractivity contribution in [1.29, 1.82) is 0 Å². The van der Waals surface area contributed by atoms with Crippen molar-refractivity contribution in [3.05, 3.63) is 35.9 Å². The molecule has 1 atom stereocenters. The Morgan fingerprint density at radius 3 is 2.34 bits per heavy atom. The predicted octanol–water partition coefficient (Wildman–Crippen LogP) is 2.41. The molecule has 1 saturated heterocycles. The molecule has 1 N–H and O–H groups in total. The molecule has 35 heavy (non-hydrogen) atoms. The van der Waals surface area contributed by atoms with Crippen LogP contribution < -0.4 is 29.2 Å². The largest absolute Gasteiger partial charge is 0.493 e. The summed E-state index contributed by atoms with van der Waals surface area (Å²) in [5.74, 6) is 1.28. The lowest BCUT2D eigenvalue weighted by Gasteiger charge is -2.35. The zero-order valence-corrected chi connectivity index (χ0v) is 20.5. The lowest BCUT2D eigenvalue weighted by Crippen LogP contribution is -2.48. The van der Waals surface area contributed by atoms with Crippen molar-refractivity contribution in [3.63, 3.8) is 0 Å². The Kier molecular flexibility index (Phi) is 7.62. The summed E-state index contributed by atoms with van der Waals surface area (Å²) >= 11 is 0. The van der Waals surface area contributed by atoms with Gasteiger partial charge in [0.15, 0.2) is 17.6 Å². The maximum atomic E-state index is 13.0. The fraction of sp³-hybridized carbons (Fsp3) is 0.440. The molecule has 2 aliphatic rings. The fourth-order valence-corrected chi connectivity index (χ4v) is 4.20. The van der Waals surface area contributed by atoms with E-state index in [0.29, 0.717) is 59.7 Å². The molecular weight excluding hydrogens is 454 g/mol. The molecule has 10 nitrogen and oxygen atoms in total. The van der Waals surface area contributed by atoms with Gasteiger partial charge in [0.2, 0.25) is 5.75 Å². The fourth-order valence-electron chi connectivity index (χ4n) is 4.20. The molecule has 2 aliphatic heterocycles. The van der Waals surface area contributed by atoms with E-state index in [4.69, 9.17) is 23.7 Å². The summed E-state index contributed by atoms with van der Waals surface area (Å²) < 4.78 is 27.3. The predicted molar refractivity (Wildman–Crippen MR) is 130 cm³/mol. The number of anilines is 2. The van der Waals surface area contributed by atoms with E-state index < -0.39 is 6.10 Å². The molecule has 1 unspecified atom stereocenters. The van der Waals surface area contributed by atoms with E-state index in [-0.39, 0.29) is 11.8 Å². The zero-order chi connectivity index (χ0) is 24.9. The van der Waals surface area contributed by atoms with Gasteiger partial charge in [0.1, 0.15) is 5.75 Å². The maximum Gasteiger partial charge on any atom is 0.267 e. The van der Waals surface area contributed by atoms with E-state index in [1.165, 1.54) is 21.3 Å². The number of nitrogens with zero attached hydrogens (tertiary/aromatic N) is 2. The Balaban J connectivity index is 1.52. The van der Waals surface area contributed by atoms with Gasteiger partial charge in [-0.15, -0.1) is 0 Å². The highest BCUT2D eigenvalue weighted by molar-refractivity contribution is 6.06. The van der Waals surface area contributed by atoms with Crippen LogP contribution in [0.15, 0.2) is 30.3 Å². The Morgan fingerprint density at radius 2 is 1.71 bits per heavy atom. The summed E-state index contributed by atoms with van der Waals surface area (Å²) in [5.41, 5.74) is 1.57. The Labute approximate surface area is 204 Å². The molecule has 0 radical (unpaired) electrons. The van der Waals surface area contributed by atoms with E-state index in [9.17, 15) is 9.59 Å². The number of hydrogen-bond donors (Lipinski definition) is 1. The van der Waals surface area contributed by atoms with E-state index in [1.54, 1.807) is 42.2 Å². The number of rotatable bonds is 8. The van der Waals surface area contributed by atoms with Crippen molar-refractivity contribution in [2.45, 2.75) is 13.0 Å². The monoisotopic (exact) mass is 485 g/mol. The van der Waals surface area contributed by atoms with E-state index in [1.807, 2.05) is 0 Å². The highest BCUT2D eigenvalue weighted by Gasteiger charge is 2.32. The molecule has 0 spiro atoms. The molecule has 2 aromatic rings. The number of fused-ring (bicyclic) bond motifs is 1. The molecular formula is C25H31N3O7. The molecule has 0 saturated carbocycles. The van der Waals surface area contributed by atoms with Crippen LogP contribution in [0.2, 0.25) is 0 Å². The van der Waals surface area contributed by atoms with Crippen LogP contribution in [0.1, 0.15) is 17.3 Å². The van der Waals surface area contributed by atoms with Crippen LogP contribution in [0.3, 0.4) is 0 Å². The molecule has 0 aliphatic carbocycles. The minimum absolute atomic E-state index is 0.0834. The van der Waals surface area contributed by atoms with Gasteiger partial charge in [-0.3, -0.25) is 14.5 Å². The second kappa shape index (κ2) is 10.8. The lowest BCUT2D eigenvalue weighted by atomic mass is 10.1. The molecule has 2 heterocycles. The zero-order valence-electron chi connectivity index (χ0n) is 20.5. The number of carbonyl (C=O) groups is 2. The van der Waals surface area contributed by atoms with E-state index >= 15 is 0 Å². The van der Waals surface area contributed by atoms with Gasteiger partial charge in [0, 0.05) is 43.5 Å². The Hall–Kier alpha value is -3.50. The standard InChI is InChI=1S/C25H31N3O7/c1-16-25(30)28(8-7-27-9-11-34-12-10-27)19-6-5-18(15-20(19)35-16)26-24(29)17-13-21(31-2)23(33-4)22(14-17)32-3/h5-6,13-16H,7-12H2,1-4H3,(H,26,29). The molecule has 188 valence electrons. The highest BCUT2D eigenvalue weighted by Crippen LogP contribution is 2.39. The van der Waals surface area contributed by atoms with Crippen LogP contribution in [0.5, 0.6) is 23.0 Å². The van der Waals surface area contributed by atoms with Gasteiger partial charge in [-0.25, -0.2) is 0 Å². The van der Waals surface area contributed by atoms with Gasteiger partial charge in [0.05, 0.1) is 40.2 Å². The Bertz CT molecular complexity index is 1060. The van der Waals surface area contributed by atoms with Gasteiger partial charge in [-0.2, -0.15) is 0 Å². The molecule has 1 fully saturated rings. The number of carbonyl (C=O) groups excluding carboxylic acids is 2. The van der Waals surface area contributed by atoms with Crippen LogP contribution in [0, 0.1) is 0 Å². The summed E-state index contributed by atoms with van der Waals surface area (Å²) in [4.78, 5) is 29.9. The molecule has 4 rings (SSSR count). The normalized spacial score (nSPS) is 17.9. The number of amides is 2. The third-order valence-electron chi connectivity index (χ3n) is 6.10. The molecule has 2 amide bonds. The summed E-state index contributed by atoms with van der Waals surface area (Å²) in [6.45, 7) is 6.16. The third kappa shape index (κ3) is 5.28. The van der Waals surface area contributed by atoms with Crippen molar-refractivity contribution in [2.24, 2.45) is 0 Å². The maximum absolute atomic E-state index is 13.0. The second-order valence-corrected chi connectivity index (χ2v) is 8.25. The first kappa shape index (κ1) is 24.6. The first-order valence-electron chi connectivity index (χ1n) is 11.5. The summed E-state index contributed by atoms with van der Waals surface area (Å²) in [6.07, 6.45) is -0.617. The van der Waals surface area contributed by atoms with Gasteiger partial charge in [-0.05, 0) is 31.2 Å². The van der Waals surface area contributed by atoms with Crippen LogP contribution in [-0.2, 0) is 9.53 Å². The van der Waals surface area contributed by atoms with Crippen LogP contribution in [0.4, 0.5) is 11.4 Å². The number of hydrogen-bond acceptors (Lipinski definition) is 8. The number of benzene rings is 2. The van der Waals surface area contributed by atoms with Crippen molar-refractivity contribution in [2.75, 3.05) is 70.9 Å². The molecule has 0 aromatic heterocycles. The Morgan fingerprint density at radius 1 is 1.03 bits per heavy atom. The van der Waals surface area contributed by atoms with Gasteiger partial charge >= 0.3 is 0 Å². The summed E-state index contributed by atoms with van der Waals surface area (Å²) in [6, 6.07) is 8.45. The number of morpholine rings is 1. The van der Waals surface area contributed by atoms with Crippen molar-refractivity contribution in [1.82, 2.24) is 4.90 Å². The smallest absolute Gasteiger partial charge is 0.267 e. The van der Waals surface area contributed by atoms with Crippen LogP contribution in [0.25, 0.3) is 0 Å². The molecule has 0 bridgehead atoms. The molecule has 2 aromatic carbocycles. The summed E-state index contributed by atoms with van der Waals surface area (Å²) in [5, 5.41) is 2.88. The third-order valence-corrected chi connectivity index (χ3v) is 6.10. The highest BCUT2D eigenvalue weighted by atomic mass is 16.5. The van der Waals surface area contributed by atoms with Crippen LogP contribution in [-0.4, -0.2) is 83.5 Å². The van der Waals surface area contributed by atoms with Crippen molar-refractivity contribution >= 4 is 23.2 Å². The molecule has 10 heteroatoms.